The molecule has 1 aliphatic rings. The van der Waals surface area contributed by atoms with Crippen LogP contribution in [0.1, 0.15) is 25.8 Å². The molecular formula is C22H28ClN3O3S. The van der Waals surface area contributed by atoms with Gasteiger partial charge < -0.3 is 9.80 Å². The Bertz CT molecular complexity index is 969. The first-order valence-corrected chi connectivity index (χ1v) is 12.0. The fraction of sp³-hybridized carbons (Fsp3) is 0.409. The summed E-state index contributed by atoms with van der Waals surface area (Å²) in [5.74, 6) is 0.124. The van der Waals surface area contributed by atoms with E-state index in [4.69, 9.17) is 11.6 Å². The van der Waals surface area contributed by atoms with Crippen LogP contribution in [0.5, 0.6) is 0 Å². The van der Waals surface area contributed by atoms with Crippen LogP contribution < -0.4 is 9.62 Å². The van der Waals surface area contributed by atoms with E-state index >= 15 is 0 Å². The SMILES string of the molecule is CC(C)NS(=O)(=O)c1ccc(CCC(=O)N2CCN(c3cccc(Cl)c3)CC2)cc1. The largest absolute Gasteiger partial charge is 0.368 e. The van der Waals surface area contributed by atoms with Crippen LogP contribution in [0.4, 0.5) is 5.69 Å². The number of aryl methyl sites for hydroxylation is 1. The Morgan fingerprint density at radius 3 is 2.33 bits per heavy atom. The monoisotopic (exact) mass is 449 g/mol. The molecule has 30 heavy (non-hydrogen) atoms. The minimum absolute atomic E-state index is 0.124. The van der Waals surface area contributed by atoms with Crippen molar-refractivity contribution in [3.8, 4) is 0 Å². The van der Waals surface area contributed by atoms with Crippen molar-refractivity contribution in [3.05, 3.63) is 59.1 Å². The van der Waals surface area contributed by atoms with Crippen LogP contribution in [0.15, 0.2) is 53.4 Å². The van der Waals surface area contributed by atoms with Gasteiger partial charge in [-0.15, -0.1) is 0 Å². The van der Waals surface area contributed by atoms with Crippen molar-refractivity contribution in [3.63, 3.8) is 0 Å². The molecule has 0 radical (unpaired) electrons. The quantitative estimate of drug-likeness (QED) is 0.704. The van der Waals surface area contributed by atoms with E-state index in [1.165, 1.54) is 0 Å². The van der Waals surface area contributed by atoms with E-state index in [9.17, 15) is 13.2 Å². The minimum Gasteiger partial charge on any atom is -0.368 e. The highest BCUT2D eigenvalue weighted by atomic mass is 35.5. The van der Waals surface area contributed by atoms with Gasteiger partial charge in [0.2, 0.25) is 15.9 Å². The number of anilines is 1. The summed E-state index contributed by atoms with van der Waals surface area (Å²) in [6.07, 6.45) is 0.999. The van der Waals surface area contributed by atoms with Crippen LogP contribution in [0.25, 0.3) is 0 Å². The highest BCUT2D eigenvalue weighted by molar-refractivity contribution is 7.89. The van der Waals surface area contributed by atoms with Gasteiger partial charge in [-0.25, -0.2) is 13.1 Å². The summed E-state index contributed by atoms with van der Waals surface area (Å²) in [5.41, 5.74) is 2.03. The molecule has 0 saturated carbocycles. The number of hydrogen-bond acceptors (Lipinski definition) is 4. The summed E-state index contributed by atoms with van der Waals surface area (Å²) >= 11 is 6.07. The van der Waals surface area contributed by atoms with Crippen molar-refractivity contribution in [2.75, 3.05) is 31.1 Å². The Balaban J connectivity index is 1.49. The second-order valence-corrected chi connectivity index (χ2v) is 9.92. The maximum absolute atomic E-state index is 12.6. The number of amides is 1. The van der Waals surface area contributed by atoms with Gasteiger partial charge in [0.1, 0.15) is 0 Å². The number of rotatable bonds is 7. The van der Waals surface area contributed by atoms with Crippen molar-refractivity contribution in [2.24, 2.45) is 0 Å². The fourth-order valence-corrected chi connectivity index (χ4v) is 4.95. The van der Waals surface area contributed by atoms with Crippen molar-refractivity contribution >= 4 is 33.2 Å². The molecule has 0 bridgehead atoms. The third-order valence-corrected chi connectivity index (χ3v) is 6.97. The molecule has 0 spiro atoms. The smallest absolute Gasteiger partial charge is 0.240 e. The van der Waals surface area contributed by atoms with Gasteiger partial charge in [-0.3, -0.25) is 4.79 Å². The van der Waals surface area contributed by atoms with Gasteiger partial charge in [0.05, 0.1) is 4.90 Å². The average Bonchev–Trinajstić information content (AvgIpc) is 2.71. The lowest BCUT2D eigenvalue weighted by atomic mass is 10.1. The molecule has 0 aromatic heterocycles. The number of halogens is 1. The summed E-state index contributed by atoms with van der Waals surface area (Å²) < 4.78 is 26.9. The lowest BCUT2D eigenvalue weighted by Gasteiger charge is -2.36. The number of piperazine rings is 1. The Kier molecular flexibility index (Phi) is 7.39. The van der Waals surface area contributed by atoms with Crippen LogP contribution in [0.3, 0.4) is 0 Å². The molecule has 0 aliphatic carbocycles. The topological polar surface area (TPSA) is 69.7 Å². The van der Waals surface area contributed by atoms with Gasteiger partial charge in [-0.1, -0.05) is 29.8 Å². The Morgan fingerprint density at radius 2 is 1.73 bits per heavy atom. The van der Waals surface area contributed by atoms with Crippen molar-refractivity contribution in [1.82, 2.24) is 9.62 Å². The highest BCUT2D eigenvalue weighted by Crippen LogP contribution is 2.21. The number of nitrogens with zero attached hydrogens (tertiary/aromatic N) is 2. The van der Waals surface area contributed by atoms with E-state index in [1.807, 2.05) is 29.2 Å². The zero-order chi connectivity index (χ0) is 21.7. The minimum atomic E-state index is -3.49. The molecule has 3 rings (SSSR count). The second kappa shape index (κ2) is 9.81. The Morgan fingerprint density at radius 1 is 1.07 bits per heavy atom. The molecule has 1 fully saturated rings. The van der Waals surface area contributed by atoms with E-state index in [2.05, 4.69) is 9.62 Å². The van der Waals surface area contributed by atoms with Crippen LogP contribution in [-0.2, 0) is 21.2 Å². The number of nitrogens with one attached hydrogen (secondary N) is 1. The van der Waals surface area contributed by atoms with Crippen molar-refractivity contribution < 1.29 is 13.2 Å². The maximum Gasteiger partial charge on any atom is 0.240 e. The van der Waals surface area contributed by atoms with E-state index in [0.29, 0.717) is 31.0 Å². The average molecular weight is 450 g/mol. The van der Waals surface area contributed by atoms with Crippen LogP contribution in [0, 0.1) is 0 Å². The molecule has 1 N–H and O–H groups in total. The number of hydrogen-bond donors (Lipinski definition) is 1. The lowest BCUT2D eigenvalue weighted by molar-refractivity contribution is -0.131. The van der Waals surface area contributed by atoms with Crippen molar-refractivity contribution in [2.45, 2.75) is 37.6 Å². The van der Waals surface area contributed by atoms with Gasteiger partial charge in [-0.2, -0.15) is 0 Å². The highest BCUT2D eigenvalue weighted by Gasteiger charge is 2.21. The van der Waals surface area contributed by atoms with Gasteiger partial charge in [-0.05, 0) is 56.2 Å². The molecule has 162 valence electrons. The molecule has 1 aliphatic heterocycles. The van der Waals surface area contributed by atoms with Crippen LogP contribution in [0.2, 0.25) is 5.02 Å². The van der Waals surface area contributed by atoms with Crippen molar-refractivity contribution in [1.29, 1.82) is 0 Å². The molecule has 8 heteroatoms. The predicted molar refractivity (Wildman–Crippen MR) is 120 cm³/mol. The van der Waals surface area contributed by atoms with Gasteiger partial charge in [0.15, 0.2) is 0 Å². The summed E-state index contributed by atoms with van der Waals surface area (Å²) in [4.78, 5) is 17.0. The molecule has 0 atom stereocenters. The van der Waals surface area contributed by atoms with E-state index < -0.39 is 10.0 Å². The maximum atomic E-state index is 12.6. The summed E-state index contributed by atoms with van der Waals surface area (Å²) in [5, 5.41) is 0.713. The van der Waals surface area contributed by atoms with Gasteiger partial charge in [0.25, 0.3) is 0 Å². The molecule has 1 amide bonds. The van der Waals surface area contributed by atoms with Crippen LogP contribution in [-0.4, -0.2) is 51.4 Å². The second-order valence-electron chi connectivity index (χ2n) is 7.77. The summed E-state index contributed by atoms with van der Waals surface area (Å²) in [7, 11) is -3.49. The third kappa shape index (κ3) is 5.97. The normalized spacial score (nSPS) is 14.9. The number of carbonyl (C=O) groups excluding carboxylic acids is 1. The first-order chi connectivity index (χ1) is 14.2. The van der Waals surface area contributed by atoms with Gasteiger partial charge in [0, 0.05) is 49.4 Å². The molecular weight excluding hydrogens is 422 g/mol. The Labute approximate surface area is 183 Å². The molecule has 2 aromatic rings. The third-order valence-electron chi connectivity index (χ3n) is 5.06. The molecule has 0 unspecified atom stereocenters. The summed E-state index contributed by atoms with van der Waals surface area (Å²) in [6, 6.07) is 14.3. The first kappa shape index (κ1) is 22.6. The fourth-order valence-electron chi connectivity index (χ4n) is 3.51. The standard InChI is InChI=1S/C22H28ClN3O3S/c1-17(2)24-30(28,29)21-9-6-18(7-10-21)8-11-22(27)26-14-12-25(13-15-26)20-5-3-4-19(23)16-20/h3-7,9-10,16-17,24H,8,11-15H2,1-2H3. The van der Waals surface area contributed by atoms with Crippen LogP contribution >= 0.6 is 11.6 Å². The zero-order valence-electron chi connectivity index (χ0n) is 17.3. The molecule has 2 aromatic carbocycles. The Hall–Kier alpha value is -2.09. The lowest BCUT2D eigenvalue weighted by Crippen LogP contribution is -2.48. The van der Waals surface area contributed by atoms with E-state index in [-0.39, 0.29) is 16.8 Å². The number of sulfonamides is 1. The summed E-state index contributed by atoms with van der Waals surface area (Å²) in [6.45, 7) is 6.49. The first-order valence-electron chi connectivity index (χ1n) is 10.1. The molecule has 1 saturated heterocycles. The van der Waals surface area contributed by atoms with E-state index in [1.54, 1.807) is 38.1 Å². The van der Waals surface area contributed by atoms with Gasteiger partial charge >= 0.3 is 0 Å². The van der Waals surface area contributed by atoms with E-state index in [0.717, 1.165) is 24.3 Å². The zero-order valence-corrected chi connectivity index (χ0v) is 18.9. The predicted octanol–water partition coefficient (Wildman–Crippen LogP) is 3.31. The number of benzene rings is 2. The molecule has 6 nitrogen and oxygen atoms in total. The number of carbonyl (C=O) groups is 1. The molecule has 1 heterocycles.